The first-order chi connectivity index (χ1) is 17.2. The molecule has 0 spiro atoms. The number of rotatable bonds is 0. The largest absolute Gasteiger partial charge is 0.393 e. The van der Waals surface area contributed by atoms with Gasteiger partial charge in [0, 0.05) is 11.8 Å². The smallest absolute Gasteiger partial charge is 0.373 e. The topological polar surface area (TPSA) is 43.4 Å². The van der Waals surface area contributed by atoms with E-state index in [1.807, 2.05) is 11.8 Å². The molecule has 0 rings (SSSR count). The maximum absolute atomic E-state index is 11.3. The van der Waals surface area contributed by atoms with Crippen molar-refractivity contribution in [3.05, 3.63) is 0 Å². The normalized spacial score (nSPS) is 4.74. The summed E-state index contributed by atoms with van der Waals surface area (Å²) in [5, 5.41) is 0. The number of ether oxygens (including phenoxy) is 1. The Kier molecular flexibility index (Phi) is 18.6. The van der Waals surface area contributed by atoms with Crippen LogP contribution in [0.4, 0.5) is 0 Å². The number of carbonyl (C=O) groups is 2. The van der Waals surface area contributed by atoms with Gasteiger partial charge in [-0.3, -0.25) is 0 Å². The van der Waals surface area contributed by atoms with Gasteiger partial charge in [0.15, 0.2) is 0 Å². The summed E-state index contributed by atoms with van der Waals surface area (Å²) in [5.74, 6) is 64.5. The minimum Gasteiger partial charge on any atom is -0.373 e. The molecule has 0 aliphatic carbocycles. The van der Waals surface area contributed by atoms with Crippen molar-refractivity contribution in [1.29, 1.82) is 0 Å². The Morgan fingerprint density at radius 3 is 0.771 bits per heavy atom. The van der Waals surface area contributed by atoms with E-state index in [-0.39, 0.29) is 0 Å². The highest BCUT2D eigenvalue weighted by Gasteiger charge is 2.02. The van der Waals surface area contributed by atoms with Gasteiger partial charge in [0.2, 0.25) is 0 Å². The Labute approximate surface area is 205 Å². The van der Waals surface area contributed by atoms with Gasteiger partial charge in [-0.25, -0.2) is 9.59 Å². The molecule has 35 heavy (non-hydrogen) atoms. The minimum atomic E-state index is -1.13. The number of carbonyl (C=O) groups excluding carboxylic acids is 2. The van der Waals surface area contributed by atoms with Gasteiger partial charge in [-0.2, -0.15) is 0 Å². The standard InChI is InChI=1S/C32H6O3/c1-3-5-7-9-11-13-15-17-19-21-23-25-27-29-31(33)35-32(34)30-28-26-24-22-20-18-16-14-12-10-8-6-4-2/h1-2H3. The van der Waals surface area contributed by atoms with Crippen LogP contribution in [-0.4, -0.2) is 11.9 Å². The van der Waals surface area contributed by atoms with E-state index in [2.05, 4.69) is 159 Å². The Morgan fingerprint density at radius 1 is 0.343 bits per heavy atom. The SMILES string of the molecule is CC#CC#CC#CC#CC#CC#CC#CC(=O)OC(=O)C#CC#CC#CC#CC#CC#CC#CC. The Bertz CT molecular complexity index is 1650. The quantitative estimate of drug-likeness (QED) is 0.234. The van der Waals surface area contributed by atoms with Crippen molar-refractivity contribution in [2.75, 3.05) is 0 Å². The van der Waals surface area contributed by atoms with Gasteiger partial charge in [0.1, 0.15) is 0 Å². The second kappa shape index (κ2) is 23.3. The zero-order valence-electron chi connectivity index (χ0n) is 18.2. The molecule has 0 aromatic carbocycles. The molecule has 0 aromatic rings. The molecular weight excluding hydrogens is 432 g/mol. The maximum Gasteiger partial charge on any atom is 0.393 e. The van der Waals surface area contributed by atoms with E-state index in [1.54, 1.807) is 13.8 Å². The number of esters is 2. The first-order valence-electron chi connectivity index (χ1n) is 8.82. The van der Waals surface area contributed by atoms with Gasteiger partial charge in [-0.1, -0.05) is 11.8 Å². The van der Waals surface area contributed by atoms with Crippen LogP contribution in [0, 0.1) is 166 Å². The summed E-state index contributed by atoms with van der Waals surface area (Å²) in [6.45, 7) is 3.33. The lowest BCUT2D eigenvalue weighted by atomic mass is 10.5. The van der Waals surface area contributed by atoms with E-state index >= 15 is 0 Å². The van der Waals surface area contributed by atoms with E-state index in [9.17, 15) is 9.59 Å². The molecule has 3 nitrogen and oxygen atoms in total. The van der Waals surface area contributed by atoms with E-state index in [1.165, 1.54) is 0 Å². The van der Waals surface area contributed by atoms with E-state index in [0.717, 1.165) is 0 Å². The molecule has 0 aromatic heterocycles. The molecule has 0 aliphatic rings. The third-order valence-corrected chi connectivity index (χ3v) is 2.14. The first kappa shape index (κ1) is 28.0. The summed E-state index contributed by atoms with van der Waals surface area (Å²) in [5.41, 5.74) is 0. The predicted octanol–water partition coefficient (Wildman–Crippen LogP) is 0.144. The van der Waals surface area contributed by atoms with Crippen LogP contribution >= 0.6 is 0 Å². The van der Waals surface area contributed by atoms with Crippen LogP contribution in [0.1, 0.15) is 13.8 Å². The highest BCUT2D eigenvalue weighted by atomic mass is 16.6. The van der Waals surface area contributed by atoms with Crippen molar-refractivity contribution >= 4 is 11.9 Å². The van der Waals surface area contributed by atoms with Crippen LogP contribution in [0.2, 0.25) is 0 Å². The molecule has 0 N–H and O–H groups in total. The molecule has 0 radical (unpaired) electrons. The van der Waals surface area contributed by atoms with Crippen LogP contribution in [0.15, 0.2) is 0 Å². The number of hydrogen-bond donors (Lipinski definition) is 0. The van der Waals surface area contributed by atoms with Crippen molar-refractivity contribution in [3.8, 4) is 166 Å². The molecule has 0 fully saturated rings. The summed E-state index contributed by atoms with van der Waals surface area (Å²) in [6, 6.07) is 0. The van der Waals surface area contributed by atoms with E-state index < -0.39 is 11.9 Å². The predicted molar refractivity (Wildman–Crippen MR) is 131 cm³/mol. The van der Waals surface area contributed by atoms with Crippen molar-refractivity contribution in [3.63, 3.8) is 0 Å². The van der Waals surface area contributed by atoms with Crippen LogP contribution in [0.25, 0.3) is 0 Å². The Hall–Kier alpha value is -7.02. The fraction of sp³-hybridized carbons (Fsp3) is 0.0625. The molecular formula is C32H6O3. The van der Waals surface area contributed by atoms with Gasteiger partial charge in [-0.15, -0.1) is 0 Å². The maximum atomic E-state index is 11.3. The van der Waals surface area contributed by atoms with Gasteiger partial charge in [0.05, 0.1) is 0 Å². The van der Waals surface area contributed by atoms with Crippen LogP contribution < -0.4 is 0 Å². The van der Waals surface area contributed by atoms with Crippen molar-refractivity contribution in [2.45, 2.75) is 13.8 Å². The fourth-order valence-corrected chi connectivity index (χ4v) is 1.05. The molecule has 0 saturated heterocycles. The van der Waals surface area contributed by atoms with Crippen molar-refractivity contribution in [1.82, 2.24) is 0 Å². The zero-order valence-corrected chi connectivity index (χ0v) is 18.2. The minimum absolute atomic E-state index is 1.13. The van der Waals surface area contributed by atoms with Crippen LogP contribution in [-0.2, 0) is 14.3 Å². The van der Waals surface area contributed by atoms with Crippen LogP contribution in [0.5, 0.6) is 0 Å². The summed E-state index contributed by atoms with van der Waals surface area (Å²) >= 11 is 0. The monoisotopic (exact) mass is 438 g/mol. The van der Waals surface area contributed by atoms with Crippen molar-refractivity contribution < 1.29 is 14.3 Å². The summed E-state index contributed by atoms with van der Waals surface area (Å²) < 4.78 is 4.32. The van der Waals surface area contributed by atoms with Crippen LogP contribution in [0.3, 0.4) is 0 Å². The summed E-state index contributed by atoms with van der Waals surface area (Å²) in [7, 11) is 0. The average Bonchev–Trinajstić information content (AvgIpc) is 2.85. The molecule has 0 bridgehead atoms. The molecule has 0 amide bonds. The molecule has 0 aliphatic heterocycles. The fourth-order valence-electron chi connectivity index (χ4n) is 1.05. The van der Waals surface area contributed by atoms with Crippen molar-refractivity contribution in [2.24, 2.45) is 0 Å². The summed E-state index contributed by atoms with van der Waals surface area (Å²) in [6.07, 6.45) is 0. The molecule has 3 heteroatoms. The first-order valence-corrected chi connectivity index (χ1v) is 8.82. The Morgan fingerprint density at radius 2 is 0.543 bits per heavy atom. The molecule has 0 heterocycles. The highest BCUT2D eigenvalue weighted by molar-refractivity contribution is 6.02. The second-order valence-corrected chi connectivity index (χ2v) is 4.43. The van der Waals surface area contributed by atoms with Gasteiger partial charge in [0.25, 0.3) is 0 Å². The molecule has 0 unspecified atom stereocenters. The lowest BCUT2D eigenvalue weighted by Crippen LogP contribution is -2.07. The Balaban J connectivity index is 4.57. The third kappa shape index (κ3) is 23.1. The molecule has 152 valence electrons. The van der Waals surface area contributed by atoms with E-state index in [0.29, 0.717) is 0 Å². The lowest BCUT2D eigenvalue weighted by Gasteiger charge is -1.87. The third-order valence-electron chi connectivity index (χ3n) is 2.14. The summed E-state index contributed by atoms with van der Waals surface area (Å²) in [4.78, 5) is 22.7. The van der Waals surface area contributed by atoms with Gasteiger partial charge >= 0.3 is 11.9 Å². The lowest BCUT2D eigenvalue weighted by molar-refractivity contribution is -0.151. The zero-order chi connectivity index (χ0) is 25.7. The van der Waals surface area contributed by atoms with Gasteiger partial charge < -0.3 is 4.74 Å². The molecule has 0 saturated carbocycles. The molecule has 0 atom stereocenters. The van der Waals surface area contributed by atoms with E-state index in [4.69, 9.17) is 0 Å². The number of hydrogen-bond acceptors (Lipinski definition) is 3. The second-order valence-electron chi connectivity index (χ2n) is 4.43. The average molecular weight is 438 g/mol. The highest BCUT2D eigenvalue weighted by Crippen LogP contribution is 1.77. The van der Waals surface area contributed by atoms with Gasteiger partial charge in [-0.05, 0) is 156 Å².